The number of nitrogens with one attached hydrogen (secondary N) is 2. The molecule has 8 heteroatoms. The second-order valence-electron chi connectivity index (χ2n) is 4.86. The molecule has 0 saturated heterocycles. The normalized spacial score (nSPS) is 16.0. The Hall–Kier alpha value is -3.16. The van der Waals surface area contributed by atoms with E-state index in [0.29, 0.717) is 29.3 Å². The number of benzene rings is 1. The minimum Gasteiger partial charge on any atom is -0.493 e. The van der Waals surface area contributed by atoms with Gasteiger partial charge >= 0.3 is 0 Å². The van der Waals surface area contributed by atoms with Gasteiger partial charge in [-0.25, -0.2) is 4.98 Å². The highest BCUT2D eigenvalue weighted by molar-refractivity contribution is 6.00. The number of hydrogen-bond acceptors (Lipinski definition) is 6. The van der Waals surface area contributed by atoms with Crippen molar-refractivity contribution in [3.05, 3.63) is 57.8 Å². The lowest BCUT2D eigenvalue weighted by molar-refractivity contribution is -0.385. The van der Waals surface area contributed by atoms with E-state index in [4.69, 9.17) is 4.74 Å². The van der Waals surface area contributed by atoms with Crippen molar-refractivity contribution in [3.8, 4) is 5.75 Å². The first-order chi connectivity index (χ1) is 11.1. The summed E-state index contributed by atoms with van der Waals surface area (Å²) in [6.45, 7) is 2.22. The van der Waals surface area contributed by atoms with Gasteiger partial charge in [0.1, 0.15) is 17.7 Å². The predicted molar refractivity (Wildman–Crippen MR) is 82.3 cm³/mol. The van der Waals surface area contributed by atoms with Crippen LogP contribution in [0.25, 0.3) is 0 Å². The number of carbonyl (C=O) groups is 1. The number of carbonyl (C=O) groups excluding carboxylic acids is 1. The summed E-state index contributed by atoms with van der Waals surface area (Å²) in [5.41, 5.74) is 0.823. The van der Waals surface area contributed by atoms with Gasteiger partial charge in [-0.05, 0) is 25.1 Å². The molecule has 0 aliphatic carbocycles. The van der Waals surface area contributed by atoms with Crippen molar-refractivity contribution in [1.29, 1.82) is 0 Å². The Morgan fingerprint density at radius 1 is 1.35 bits per heavy atom. The van der Waals surface area contributed by atoms with Gasteiger partial charge in [0.05, 0.1) is 17.1 Å². The first-order valence-corrected chi connectivity index (χ1v) is 7.03. The highest BCUT2D eigenvalue weighted by Crippen LogP contribution is 2.32. The van der Waals surface area contributed by atoms with Crippen molar-refractivity contribution in [2.75, 3.05) is 11.9 Å². The minimum atomic E-state index is -0.661. The number of nitro benzene ring substituents is 1. The van der Waals surface area contributed by atoms with Crippen molar-refractivity contribution >= 4 is 17.4 Å². The largest absolute Gasteiger partial charge is 0.493 e. The van der Waals surface area contributed by atoms with Gasteiger partial charge in [-0.15, -0.1) is 0 Å². The first kappa shape index (κ1) is 14.8. The van der Waals surface area contributed by atoms with E-state index >= 15 is 0 Å². The number of hydrogen-bond donors (Lipinski definition) is 2. The van der Waals surface area contributed by atoms with Crippen LogP contribution in [-0.4, -0.2) is 22.4 Å². The summed E-state index contributed by atoms with van der Waals surface area (Å²) in [5.74, 6) is 0.594. The molecule has 1 aliphatic rings. The number of anilines is 1. The second-order valence-corrected chi connectivity index (χ2v) is 4.86. The SMILES string of the molecule is CCOc1ccc([N+](=O)[O-])cc1[C@@H]1NC(=O)c2cccnc2N1. The van der Waals surface area contributed by atoms with Crippen LogP contribution in [0.4, 0.5) is 11.5 Å². The van der Waals surface area contributed by atoms with Crippen LogP contribution < -0.4 is 15.4 Å². The van der Waals surface area contributed by atoms with Gasteiger partial charge in [0.15, 0.2) is 0 Å². The summed E-state index contributed by atoms with van der Waals surface area (Å²) in [5, 5.41) is 16.8. The quantitative estimate of drug-likeness (QED) is 0.662. The fourth-order valence-corrected chi connectivity index (χ4v) is 2.40. The molecule has 1 aromatic heterocycles. The van der Waals surface area contributed by atoms with Crippen molar-refractivity contribution in [2.24, 2.45) is 0 Å². The van der Waals surface area contributed by atoms with E-state index in [2.05, 4.69) is 15.6 Å². The lowest BCUT2D eigenvalue weighted by atomic mass is 10.1. The van der Waals surface area contributed by atoms with Crippen molar-refractivity contribution in [1.82, 2.24) is 10.3 Å². The number of ether oxygens (including phenoxy) is 1. The smallest absolute Gasteiger partial charge is 0.270 e. The number of amides is 1. The van der Waals surface area contributed by atoms with Crippen LogP contribution in [0.15, 0.2) is 36.5 Å². The molecule has 0 unspecified atom stereocenters. The van der Waals surface area contributed by atoms with Crippen LogP contribution in [0, 0.1) is 10.1 Å². The van der Waals surface area contributed by atoms with E-state index in [1.165, 1.54) is 18.2 Å². The summed E-state index contributed by atoms with van der Waals surface area (Å²) in [7, 11) is 0. The molecule has 0 bridgehead atoms. The molecule has 23 heavy (non-hydrogen) atoms. The third-order valence-corrected chi connectivity index (χ3v) is 3.42. The van der Waals surface area contributed by atoms with Gasteiger partial charge < -0.3 is 15.4 Å². The highest BCUT2D eigenvalue weighted by Gasteiger charge is 2.28. The van der Waals surface area contributed by atoms with Crippen LogP contribution >= 0.6 is 0 Å². The summed E-state index contributed by atoms with van der Waals surface area (Å²) >= 11 is 0. The molecule has 0 saturated carbocycles. The zero-order chi connectivity index (χ0) is 16.4. The van der Waals surface area contributed by atoms with Gasteiger partial charge in [-0.3, -0.25) is 14.9 Å². The molecular formula is C15H14N4O4. The summed E-state index contributed by atoms with van der Waals surface area (Å²) in [4.78, 5) is 26.8. The van der Waals surface area contributed by atoms with Crippen LogP contribution in [0.3, 0.4) is 0 Å². The number of non-ortho nitro benzene ring substituents is 1. The molecule has 1 atom stereocenters. The van der Waals surface area contributed by atoms with E-state index in [1.807, 2.05) is 6.92 Å². The van der Waals surface area contributed by atoms with Crippen LogP contribution in [-0.2, 0) is 0 Å². The van der Waals surface area contributed by atoms with Crippen molar-refractivity contribution in [3.63, 3.8) is 0 Å². The number of pyridine rings is 1. The van der Waals surface area contributed by atoms with E-state index in [1.54, 1.807) is 18.3 Å². The Labute approximate surface area is 131 Å². The molecule has 3 rings (SSSR count). The molecule has 8 nitrogen and oxygen atoms in total. The minimum absolute atomic E-state index is 0.0775. The molecule has 0 spiro atoms. The average molecular weight is 314 g/mol. The summed E-state index contributed by atoms with van der Waals surface area (Å²) in [6, 6.07) is 7.60. The lowest BCUT2D eigenvalue weighted by Gasteiger charge is -2.28. The molecular weight excluding hydrogens is 300 g/mol. The van der Waals surface area contributed by atoms with Crippen LogP contribution in [0.1, 0.15) is 29.0 Å². The topological polar surface area (TPSA) is 106 Å². The van der Waals surface area contributed by atoms with Gasteiger partial charge in [0, 0.05) is 23.9 Å². The predicted octanol–water partition coefficient (Wildman–Crippen LogP) is 2.24. The van der Waals surface area contributed by atoms with Crippen molar-refractivity contribution < 1.29 is 14.5 Å². The zero-order valence-electron chi connectivity index (χ0n) is 12.3. The highest BCUT2D eigenvalue weighted by atomic mass is 16.6. The van der Waals surface area contributed by atoms with E-state index in [9.17, 15) is 14.9 Å². The number of rotatable bonds is 4. The second kappa shape index (κ2) is 5.91. The van der Waals surface area contributed by atoms with E-state index in [-0.39, 0.29) is 11.6 Å². The number of aromatic nitrogens is 1. The fourth-order valence-electron chi connectivity index (χ4n) is 2.40. The maximum Gasteiger partial charge on any atom is 0.270 e. The third kappa shape index (κ3) is 2.78. The average Bonchev–Trinajstić information content (AvgIpc) is 2.55. The van der Waals surface area contributed by atoms with Gasteiger partial charge in [0.2, 0.25) is 0 Å². The monoisotopic (exact) mass is 314 g/mol. The maximum absolute atomic E-state index is 12.2. The lowest BCUT2D eigenvalue weighted by Crippen LogP contribution is -2.39. The standard InChI is InChI=1S/C15H14N4O4/c1-2-23-12-6-5-9(19(21)22)8-11(12)14-17-13-10(15(20)18-14)4-3-7-16-13/h3-8,14H,2H2,1H3,(H,16,17)(H,18,20)/t14-/m0/s1. The Morgan fingerprint density at radius 2 is 2.17 bits per heavy atom. The molecule has 1 amide bonds. The molecule has 0 fully saturated rings. The third-order valence-electron chi connectivity index (χ3n) is 3.42. The molecule has 2 aromatic rings. The summed E-state index contributed by atoms with van der Waals surface area (Å²) in [6.07, 6.45) is 0.907. The Morgan fingerprint density at radius 3 is 2.91 bits per heavy atom. The molecule has 0 radical (unpaired) electrons. The summed E-state index contributed by atoms with van der Waals surface area (Å²) < 4.78 is 5.51. The Balaban J connectivity index is 2.02. The maximum atomic E-state index is 12.2. The Kier molecular flexibility index (Phi) is 3.80. The fraction of sp³-hybridized carbons (Fsp3) is 0.200. The van der Waals surface area contributed by atoms with Crippen LogP contribution in [0.2, 0.25) is 0 Å². The van der Waals surface area contributed by atoms with Crippen molar-refractivity contribution in [2.45, 2.75) is 13.1 Å². The van der Waals surface area contributed by atoms with E-state index < -0.39 is 11.1 Å². The zero-order valence-corrected chi connectivity index (χ0v) is 12.3. The first-order valence-electron chi connectivity index (χ1n) is 7.03. The Bertz CT molecular complexity index is 778. The molecule has 2 heterocycles. The van der Waals surface area contributed by atoms with Gasteiger partial charge in [-0.1, -0.05) is 0 Å². The molecule has 2 N–H and O–H groups in total. The number of nitro groups is 1. The molecule has 1 aliphatic heterocycles. The molecule has 1 aromatic carbocycles. The van der Waals surface area contributed by atoms with Gasteiger partial charge in [-0.2, -0.15) is 0 Å². The number of nitrogens with zero attached hydrogens (tertiary/aromatic N) is 2. The number of fused-ring (bicyclic) bond motifs is 1. The van der Waals surface area contributed by atoms with E-state index in [0.717, 1.165) is 0 Å². The molecule has 118 valence electrons. The van der Waals surface area contributed by atoms with Gasteiger partial charge in [0.25, 0.3) is 11.6 Å². The van der Waals surface area contributed by atoms with Crippen LogP contribution in [0.5, 0.6) is 5.75 Å².